The molecule has 0 amide bonds. The fourth-order valence-electron chi connectivity index (χ4n) is 3.06. The minimum Gasteiger partial charge on any atom is -0.151 e. The summed E-state index contributed by atoms with van der Waals surface area (Å²) in [6, 6.07) is 0. The topological polar surface area (TPSA) is 19.9 Å². The Hall–Kier alpha value is 0.310. The molecule has 0 aliphatic rings. The van der Waals surface area contributed by atoms with Crippen LogP contribution in [0.3, 0.4) is 0 Å². The Labute approximate surface area is 145 Å². The predicted octanol–water partition coefficient (Wildman–Crippen LogP) is 8.11. The van der Waals surface area contributed by atoms with E-state index in [0.29, 0.717) is 0 Å². The summed E-state index contributed by atoms with van der Waals surface area (Å²) in [4.78, 5) is 0. The van der Waals surface area contributed by atoms with Crippen molar-refractivity contribution >= 4 is 12.0 Å². The number of hydrogen-bond acceptors (Lipinski definition) is 1. The van der Waals surface area contributed by atoms with Crippen LogP contribution in [-0.2, 0) is 4.55 Å². The van der Waals surface area contributed by atoms with Crippen molar-refractivity contribution < 1.29 is 4.55 Å². The van der Waals surface area contributed by atoms with Gasteiger partial charge in [-0.1, -0.05) is 116 Å². The van der Waals surface area contributed by atoms with Gasteiger partial charge in [0.05, 0.1) is 0 Å². The van der Waals surface area contributed by atoms with Crippen LogP contribution in [0, 0.1) is 0 Å². The van der Waals surface area contributed by atoms with E-state index in [4.69, 9.17) is 0 Å². The third-order valence-corrected chi connectivity index (χ3v) is 5.04. The molecule has 0 unspecified atom stereocenters. The molecule has 0 bridgehead atoms. The molecule has 0 N–H and O–H groups in total. The standard InChI is InChI=1S/C20H41OS/c1-2-3-4-5-6-7-8-9-10-11-12-13-14-15-16-17-18-19-20-22-21/h2-20H2,1H3. The third kappa shape index (κ3) is 20.3. The molecule has 133 valence electrons. The Bertz CT molecular complexity index is 165. The fraction of sp³-hybridized carbons (Fsp3) is 1.00. The molecule has 0 atom stereocenters. The molecule has 0 aromatic rings. The molecule has 0 saturated carbocycles. The lowest BCUT2D eigenvalue weighted by molar-refractivity contribution is 0.522. The monoisotopic (exact) mass is 329 g/mol. The van der Waals surface area contributed by atoms with Crippen molar-refractivity contribution in [2.45, 2.75) is 122 Å². The van der Waals surface area contributed by atoms with Crippen molar-refractivity contribution in [2.75, 3.05) is 5.75 Å². The second-order valence-corrected chi connectivity index (χ2v) is 7.48. The first-order chi connectivity index (χ1) is 10.9. The van der Waals surface area contributed by atoms with E-state index in [2.05, 4.69) is 6.92 Å². The Morgan fingerprint density at radius 1 is 0.455 bits per heavy atom. The van der Waals surface area contributed by atoms with E-state index < -0.39 is 0 Å². The average Bonchev–Trinajstić information content (AvgIpc) is 2.54. The van der Waals surface area contributed by atoms with Crippen LogP contribution in [0.5, 0.6) is 0 Å². The average molecular weight is 330 g/mol. The second-order valence-electron chi connectivity index (χ2n) is 6.83. The predicted molar refractivity (Wildman–Crippen MR) is 102 cm³/mol. The van der Waals surface area contributed by atoms with Crippen LogP contribution in [0.1, 0.15) is 122 Å². The zero-order chi connectivity index (χ0) is 16.1. The SMILES string of the molecule is CCCCCCCCCCCCCCCCCCCCS[O]. The highest BCUT2D eigenvalue weighted by Gasteiger charge is 1.95. The molecule has 0 aromatic heterocycles. The van der Waals surface area contributed by atoms with Crippen LogP contribution in [0.15, 0.2) is 0 Å². The fourth-order valence-corrected chi connectivity index (χ4v) is 3.38. The van der Waals surface area contributed by atoms with Gasteiger partial charge in [-0.25, -0.2) is 0 Å². The molecule has 0 aliphatic heterocycles. The summed E-state index contributed by atoms with van der Waals surface area (Å²) < 4.78 is 10.2. The summed E-state index contributed by atoms with van der Waals surface area (Å²) in [6.45, 7) is 2.29. The normalized spacial score (nSPS) is 11.2. The molecule has 0 aromatic carbocycles. The number of unbranched alkanes of at least 4 members (excludes halogenated alkanes) is 17. The Balaban J connectivity index is 2.91. The molecule has 1 nitrogen and oxygen atoms in total. The molecule has 0 spiro atoms. The van der Waals surface area contributed by atoms with Gasteiger partial charge < -0.3 is 0 Å². The van der Waals surface area contributed by atoms with E-state index in [1.165, 1.54) is 109 Å². The van der Waals surface area contributed by atoms with E-state index in [1.807, 2.05) is 0 Å². The molecule has 0 saturated heterocycles. The van der Waals surface area contributed by atoms with Gasteiger partial charge >= 0.3 is 0 Å². The first-order valence-electron chi connectivity index (χ1n) is 10.2. The summed E-state index contributed by atoms with van der Waals surface area (Å²) in [5.41, 5.74) is 0. The maximum absolute atomic E-state index is 10.2. The Morgan fingerprint density at radius 2 is 0.727 bits per heavy atom. The molecule has 0 fully saturated rings. The van der Waals surface area contributed by atoms with Gasteiger partial charge in [-0.05, 0) is 6.42 Å². The molecule has 22 heavy (non-hydrogen) atoms. The van der Waals surface area contributed by atoms with Crippen molar-refractivity contribution in [3.8, 4) is 0 Å². The van der Waals surface area contributed by atoms with E-state index in [9.17, 15) is 4.55 Å². The van der Waals surface area contributed by atoms with Crippen LogP contribution in [0.4, 0.5) is 0 Å². The first kappa shape index (κ1) is 22.3. The van der Waals surface area contributed by atoms with Crippen LogP contribution in [0.25, 0.3) is 0 Å². The summed E-state index contributed by atoms with van der Waals surface area (Å²) in [5, 5.41) is 0. The maximum atomic E-state index is 10.2. The molecular formula is C20H41OS. The Morgan fingerprint density at radius 3 is 1.00 bits per heavy atom. The maximum Gasteiger partial charge on any atom is 0.0326 e. The van der Waals surface area contributed by atoms with Crippen molar-refractivity contribution in [2.24, 2.45) is 0 Å². The first-order valence-corrected chi connectivity index (χ1v) is 11.1. The molecular weight excluding hydrogens is 288 g/mol. The molecule has 2 heteroatoms. The molecule has 0 rings (SSSR count). The lowest BCUT2D eigenvalue weighted by atomic mass is 10.0. The van der Waals surface area contributed by atoms with Crippen LogP contribution in [0.2, 0.25) is 0 Å². The number of rotatable bonds is 19. The highest BCUT2D eigenvalue weighted by molar-refractivity contribution is 7.93. The summed E-state index contributed by atoms with van der Waals surface area (Å²) >= 11 is 0.740. The lowest BCUT2D eigenvalue weighted by Crippen LogP contribution is -1.84. The second kappa shape index (κ2) is 21.3. The zero-order valence-corrected chi connectivity index (χ0v) is 16.1. The zero-order valence-electron chi connectivity index (χ0n) is 15.3. The van der Waals surface area contributed by atoms with Gasteiger partial charge in [-0.3, -0.25) is 0 Å². The van der Waals surface area contributed by atoms with E-state index in [0.717, 1.165) is 24.2 Å². The quantitative estimate of drug-likeness (QED) is 0.173. The van der Waals surface area contributed by atoms with Gasteiger partial charge in [0, 0.05) is 17.8 Å². The van der Waals surface area contributed by atoms with Crippen LogP contribution in [-0.4, -0.2) is 5.75 Å². The van der Waals surface area contributed by atoms with Crippen LogP contribution < -0.4 is 0 Å². The van der Waals surface area contributed by atoms with Gasteiger partial charge in [0.1, 0.15) is 0 Å². The minimum atomic E-state index is 0.740. The highest BCUT2D eigenvalue weighted by atomic mass is 32.2. The van der Waals surface area contributed by atoms with Gasteiger partial charge in [0.15, 0.2) is 0 Å². The largest absolute Gasteiger partial charge is 0.151 e. The minimum absolute atomic E-state index is 0.740. The van der Waals surface area contributed by atoms with Crippen LogP contribution >= 0.6 is 12.0 Å². The summed E-state index contributed by atoms with van der Waals surface area (Å²) in [7, 11) is 0. The smallest absolute Gasteiger partial charge is 0.0326 e. The van der Waals surface area contributed by atoms with Gasteiger partial charge in [-0.2, -0.15) is 4.55 Å². The third-order valence-electron chi connectivity index (χ3n) is 4.58. The molecule has 0 aliphatic carbocycles. The van der Waals surface area contributed by atoms with E-state index >= 15 is 0 Å². The van der Waals surface area contributed by atoms with Gasteiger partial charge in [0.2, 0.25) is 0 Å². The van der Waals surface area contributed by atoms with Crippen molar-refractivity contribution in [1.82, 2.24) is 0 Å². The summed E-state index contributed by atoms with van der Waals surface area (Å²) in [5.74, 6) is 0.804. The Kier molecular flexibility index (Phi) is 21.6. The van der Waals surface area contributed by atoms with Crippen molar-refractivity contribution in [3.63, 3.8) is 0 Å². The molecule has 0 heterocycles. The lowest BCUT2D eigenvalue weighted by Gasteiger charge is -2.03. The van der Waals surface area contributed by atoms with Crippen molar-refractivity contribution in [1.29, 1.82) is 0 Å². The highest BCUT2D eigenvalue weighted by Crippen LogP contribution is 2.14. The van der Waals surface area contributed by atoms with E-state index in [-0.39, 0.29) is 0 Å². The van der Waals surface area contributed by atoms with E-state index in [1.54, 1.807) is 0 Å². The van der Waals surface area contributed by atoms with Gasteiger partial charge in [-0.15, -0.1) is 0 Å². The summed E-state index contributed by atoms with van der Waals surface area (Å²) in [6.07, 6.45) is 25.3. The van der Waals surface area contributed by atoms with Gasteiger partial charge in [0.25, 0.3) is 0 Å². The van der Waals surface area contributed by atoms with Crippen molar-refractivity contribution in [3.05, 3.63) is 0 Å². The molecule has 1 radical (unpaired) electrons. The number of hydrogen-bond donors (Lipinski definition) is 0.